The average Bonchev–Trinajstić information content (AvgIpc) is 2.05. The van der Waals surface area contributed by atoms with Gasteiger partial charge in [0.2, 0.25) is 5.67 Å². The summed E-state index contributed by atoms with van der Waals surface area (Å²) in [5, 5.41) is 8.99. The Labute approximate surface area is 75.4 Å². The van der Waals surface area contributed by atoms with Crippen molar-refractivity contribution in [2.24, 2.45) is 0 Å². The molecule has 0 saturated heterocycles. The SMILES string of the molecule is C[C@](F)(C#N)c1ccc(Cl)cc1. The van der Waals surface area contributed by atoms with Crippen molar-refractivity contribution in [1.29, 1.82) is 5.26 Å². The standard InChI is InChI=1S/C9H7ClFN/c1-9(11,6-12)7-2-4-8(10)5-3-7/h2-5H,1H3/t9-/m0/s1. The van der Waals surface area contributed by atoms with Crippen LogP contribution in [0.25, 0.3) is 0 Å². The topological polar surface area (TPSA) is 23.8 Å². The van der Waals surface area contributed by atoms with Gasteiger partial charge in [0.15, 0.2) is 0 Å². The molecular formula is C9H7ClFN. The molecule has 0 unspecified atom stereocenters. The minimum absolute atomic E-state index is 0.328. The molecule has 62 valence electrons. The number of nitrogens with zero attached hydrogens (tertiary/aromatic N) is 1. The second-order valence-corrected chi connectivity index (χ2v) is 3.06. The Balaban J connectivity index is 3.07. The van der Waals surface area contributed by atoms with E-state index in [9.17, 15) is 4.39 Å². The van der Waals surface area contributed by atoms with Gasteiger partial charge in [0.05, 0.1) is 0 Å². The number of nitriles is 1. The third-order valence-electron chi connectivity index (χ3n) is 1.60. The smallest absolute Gasteiger partial charge is 0.218 e. The highest BCUT2D eigenvalue weighted by atomic mass is 35.5. The molecule has 0 radical (unpaired) electrons. The van der Waals surface area contributed by atoms with Crippen molar-refractivity contribution in [2.45, 2.75) is 12.6 Å². The quantitative estimate of drug-likeness (QED) is 0.657. The van der Waals surface area contributed by atoms with Crippen molar-refractivity contribution in [3.63, 3.8) is 0 Å². The zero-order valence-corrected chi connectivity index (χ0v) is 7.27. The Morgan fingerprint density at radius 2 is 1.92 bits per heavy atom. The summed E-state index contributed by atoms with van der Waals surface area (Å²) < 4.78 is 13.3. The Morgan fingerprint density at radius 1 is 1.42 bits per heavy atom. The predicted octanol–water partition coefficient (Wildman–Crippen LogP) is 3.05. The molecule has 0 heterocycles. The molecule has 1 atom stereocenters. The van der Waals surface area contributed by atoms with Crippen LogP contribution >= 0.6 is 11.6 Å². The second kappa shape index (κ2) is 3.12. The Hall–Kier alpha value is -1.07. The molecule has 0 aliphatic carbocycles. The molecule has 0 fully saturated rings. The Morgan fingerprint density at radius 3 is 2.33 bits per heavy atom. The van der Waals surface area contributed by atoms with Crippen molar-refractivity contribution < 1.29 is 4.39 Å². The van der Waals surface area contributed by atoms with Gasteiger partial charge in [-0.1, -0.05) is 23.7 Å². The molecule has 12 heavy (non-hydrogen) atoms. The van der Waals surface area contributed by atoms with Gasteiger partial charge in [-0.05, 0) is 19.1 Å². The number of hydrogen-bond acceptors (Lipinski definition) is 1. The van der Waals surface area contributed by atoms with E-state index >= 15 is 0 Å². The maximum absolute atomic E-state index is 13.3. The molecule has 0 aliphatic rings. The van der Waals surface area contributed by atoms with Crippen molar-refractivity contribution in [2.75, 3.05) is 0 Å². The van der Waals surface area contributed by atoms with Crippen LogP contribution < -0.4 is 0 Å². The van der Waals surface area contributed by atoms with E-state index in [1.165, 1.54) is 19.1 Å². The Bertz CT molecular complexity index is 310. The highest BCUT2D eigenvalue weighted by Crippen LogP contribution is 2.25. The van der Waals surface area contributed by atoms with Gasteiger partial charge in [0.25, 0.3) is 0 Å². The summed E-state index contributed by atoms with van der Waals surface area (Å²) >= 11 is 5.60. The third kappa shape index (κ3) is 1.75. The molecule has 1 nitrogen and oxygen atoms in total. The molecule has 1 aromatic rings. The van der Waals surface area contributed by atoms with Gasteiger partial charge in [-0.25, -0.2) is 4.39 Å². The van der Waals surface area contributed by atoms with Gasteiger partial charge in [0, 0.05) is 10.6 Å². The van der Waals surface area contributed by atoms with Crippen LogP contribution in [0.2, 0.25) is 5.02 Å². The first kappa shape index (κ1) is 9.02. The number of benzene rings is 1. The van der Waals surface area contributed by atoms with Gasteiger partial charge < -0.3 is 0 Å². The van der Waals surface area contributed by atoms with Crippen molar-refractivity contribution in [3.05, 3.63) is 34.9 Å². The minimum Gasteiger partial charge on any atom is -0.222 e. The zero-order valence-electron chi connectivity index (χ0n) is 6.51. The van der Waals surface area contributed by atoms with E-state index in [2.05, 4.69) is 0 Å². The van der Waals surface area contributed by atoms with Crippen LogP contribution in [0.1, 0.15) is 12.5 Å². The first-order valence-corrected chi connectivity index (χ1v) is 3.80. The molecule has 0 N–H and O–H groups in total. The molecule has 0 aliphatic heterocycles. The summed E-state index contributed by atoms with van der Waals surface area (Å²) in [5.41, 5.74) is -1.60. The van der Waals surface area contributed by atoms with E-state index in [1.54, 1.807) is 18.2 Å². The number of alkyl halides is 1. The van der Waals surface area contributed by atoms with E-state index in [0.29, 0.717) is 10.6 Å². The molecule has 0 amide bonds. The minimum atomic E-state index is -1.93. The fourth-order valence-electron chi connectivity index (χ4n) is 0.827. The summed E-state index contributed by atoms with van der Waals surface area (Å²) in [7, 11) is 0. The lowest BCUT2D eigenvalue weighted by molar-refractivity contribution is 0.274. The van der Waals surface area contributed by atoms with Crippen molar-refractivity contribution >= 4 is 11.6 Å². The van der Waals surface area contributed by atoms with Gasteiger partial charge in [-0.3, -0.25) is 0 Å². The van der Waals surface area contributed by atoms with E-state index in [-0.39, 0.29) is 0 Å². The first-order valence-electron chi connectivity index (χ1n) is 3.42. The summed E-state index contributed by atoms with van der Waals surface area (Å²) in [6.45, 7) is 1.22. The fourth-order valence-corrected chi connectivity index (χ4v) is 0.953. The van der Waals surface area contributed by atoms with Crippen molar-refractivity contribution in [1.82, 2.24) is 0 Å². The normalized spacial score (nSPS) is 14.8. The van der Waals surface area contributed by atoms with E-state index in [4.69, 9.17) is 16.9 Å². The molecular weight excluding hydrogens is 177 g/mol. The van der Waals surface area contributed by atoms with Gasteiger partial charge >= 0.3 is 0 Å². The fraction of sp³-hybridized carbons (Fsp3) is 0.222. The second-order valence-electron chi connectivity index (χ2n) is 2.62. The Kier molecular flexibility index (Phi) is 2.35. The van der Waals surface area contributed by atoms with Gasteiger partial charge in [0.1, 0.15) is 6.07 Å². The zero-order chi connectivity index (χ0) is 9.19. The molecule has 0 spiro atoms. The summed E-state index contributed by atoms with van der Waals surface area (Å²) in [4.78, 5) is 0. The first-order chi connectivity index (χ1) is 5.56. The molecule has 1 aromatic carbocycles. The number of hydrogen-bond donors (Lipinski definition) is 0. The van der Waals surface area contributed by atoms with E-state index in [1.807, 2.05) is 0 Å². The number of rotatable bonds is 1. The largest absolute Gasteiger partial charge is 0.222 e. The van der Waals surface area contributed by atoms with Crippen LogP contribution in [0.15, 0.2) is 24.3 Å². The van der Waals surface area contributed by atoms with Crippen LogP contribution in [0, 0.1) is 11.3 Å². The van der Waals surface area contributed by atoms with Gasteiger partial charge in [-0.15, -0.1) is 0 Å². The van der Waals surface area contributed by atoms with Crippen LogP contribution in [-0.4, -0.2) is 0 Å². The van der Waals surface area contributed by atoms with Crippen LogP contribution in [0.3, 0.4) is 0 Å². The average molecular weight is 184 g/mol. The lowest BCUT2D eigenvalue weighted by atomic mass is 10.0. The molecule has 0 bridgehead atoms. The highest BCUT2D eigenvalue weighted by molar-refractivity contribution is 6.30. The predicted molar refractivity (Wildman–Crippen MR) is 45.5 cm³/mol. The van der Waals surface area contributed by atoms with Crippen molar-refractivity contribution in [3.8, 4) is 6.07 Å². The summed E-state index contributed by atoms with van der Waals surface area (Å²) in [6.07, 6.45) is 0. The lowest BCUT2D eigenvalue weighted by Crippen LogP contribution is -2.11. The summed E-state index contributed by atoms with van der Waals surface area (Å²) in [6, 6.07) is 7.70. The van der Waals surface area contributed by atoms with Crippen LogP contribution in [0.5, 0.6) is 0 Å². The highest BCUT2D eigenvalue weighted by Gasteiger charge is 2.24. The van der Waals surface area contributed by atoms with E-state index in [0.717, 1.165) is 0 Å². The third-order valence-corrected chi connectivity index (χ3v) is 1.85. The molecule has 0 aromatic heterocycles. The lowest BCUT2D eigenvalue weighted by Gasteiger charge is -2.10. The van der Waals surface area contributed by atoms with Crippen LogP contribution in [0.4, 0.5) is 4.39 Å². The summed E-state index contributed by atoms with van der Waals surface area (Å²) in [5.74, 6) is 0. The maximum atomic E-state index is 13.3. The van der Waals surface area contributed by atoms with E-state index < -0.39 is 5.67 Å². The molecule has 3 heteroatoms. The van der Waals surface area contributed by atoms with Crippen LogP contribution in [-0.2, 0) is 5.67 Å². The van der Waals surface area contributed by atoms with Gasteiger partial charge in [-0.2, -0.15) is 5.26 Å². The monoisotopic (exact) mass is 183 g/mol. The maximum Gasteiger partial charge on any atom is 0.218 e. The molecule has 1 rings (SSSR count). The number of halogens is 2. The molecule has 0 saturated carbocycles.